The van der Waals surface area contributed by atoms with Gasteiger partial charge in [0.15, 0.2) is 0 Å². The standard InChI is InChI=1S/C14H24N2S2/c1-2-12-7-8-14(18-12)9-11(16-15)10-17-13-5-3-4-6-13/h7-8,11,13,16H,2-6,9-10,15H2,1H3. The Hall–Kier alpha value is -0.0300. The van der Waals surface area contributed by atoms with Crippen LogP contribution in [0.25, 0.3) is 0 Å². The number of nitrogens with two attached hydrogens (primary N) is 1. The summed E-state index contributed by atoms with van der Waals surface area (Å²) in [7, 11) is 0. The summed E-state index contributed by atoms with van der Waals surface area (Å²) in [6.45, 7) is 2.21. The van der Waals surface area contributed by atoms with E-state index in [0.29, 0.717) is 6.04 Å². The van der Waals surface area contributed by atoms with Gasteiger partial charge in [-0.3, -0.25) is 11.3 Å². The number of hydrogen-bond acceptors (Lipinski definition) is 4. The molecule has 2 nitrogen and oxygen atoms in total. The summed E-state index contributed by atoms with van der Waals surface area (Å²) >= 11 is 4.04. The van der Waals surface area contributed by atoms with Crippen molar-refractivity contribution in [3.05, 3.63) is 21.9 Å². The van der Waals surface area contributed by atoms with Crippen molar-refractivity contribution < 1.29 is 0 Å². The normalized spacial score (nSPS) is 18.3. The van der Waals surface area contributed by atoms with Gasteiger partial charge >= 0.3 is 0 Å². The maximum Gasteiger partial charge on any atom is 0.0349 e. The van der Waals surface area contributed by atoms with E-state index in [1.165, 1.54) is 35.4 Å². The summed E-state index contributed by atoms with van der Waals surface area (Å²) < 4.78 is 0. The number of rotatable bonds is 7. The van der Waals surface area contributed by atoms with Gasteiger partial charge in [0.25, 0.3) is 0 Å². The van der Waals surface area contributed by atoms with Crippen molar-refractivity contribution >= 4 is 23.1 Å². The van der Waals surface area contributed by atoms with Gasteiger partial charge in [-0.1, -0.05) is 19.8 Å². The van der Waals surface area contributed by atoms with E-state index >= 15 is 0 Å². The number of hydrazine groups is 1. The molecule has 0 radical (unpaired) electrons. The Labute approximate surface area is 119 Å². The first-order valence-electron chi connectivity index (χ1n) is 6.97. The third-order valence-corrected chi connectivity index (χ3v) is 6.37. The highest BCUT2D eigenvalue weighted by Gasteiger charge is 2.18. The average Bonchev–Trinajstić information content (AvgIpc) is 3.05. The summed E-state index contributed by atoms with van der Waals surface area (Å²) in [4.78, 5) is 2.94. The average molecular weight is 284 g/mol. The SMILES string of the molecule is CCc1ccc(CC(CSC2CCCC2)NN)s1. The van der Waals surface area contributed by atoms with Crippen LogP contribution >= 0.6 is 23.1 Å². The van der Waals surface area contributed by atoms with Crippen LogP contribution in [0, 0.1) is 0 Å². The molecule has 102 valence electrons. The second kappa shape index (κ2) is 7.53. The molecule has 0 aliphatic heterocycles. The number of thiophene rings is 1. The molecule has 1 unspecified atom stereocenters. The van der Waals surface area contributed by atoms with Gasteiger partial charge in [-0.05, 0) is 37.8 Å². The van der Waals surface area contributed by atoms with Crippen LogP contribution in [0.1, 0.15) is 42.4 Å². The summed E-state index contributed by atoms with van der Waals surface area (Å²) in [6.07, 6.45) is 7.86. The fraction of sp³-hybridized carbons (Fsp3) is 0.714. The molecule has 1 atom stereocenters. The second-order valence-electron chi connectivity index (χ2n) is 5.03. The predicted octanol–water partition coefficient (Wildman–Crippen LogP) is 3.36. The van der Waals surface area contributed by atoms with Gasteiger partial charge in [-0.25, -0.2) is 0 Å². The summed E-state index contributed by atoms with van der Waals surface area (Å²) in [5.41, 5.74) is 2.99. The molecule has 1 aromatic heterocycles. The first-order valence-corrected chi connectivity index (χ1v) is 8.83. The summed E-state index contributed by atoms with van der Waals surface area (Å²) in [5.74, 6) is 6.83. The highest BCUT2D eigenvalue weighted by atomic mass is 32.2. The molecule has 1 aliphatic rings. The molecule has 3 N–H and O–H groups in total. The van der Waals surface area contributed by atoms with Crippen LogP contribution in [0.2, 0.25) is 0 Å². The fourth-order valence-electron chi connectivity index (χ4n) is 2.44. The zero-order valence-corrected chi connectivity index (χ0v) is 12.8. The molecule has 0 amide bonds. The van der Waals surface area contributed by atoms with Gasteiger partial charge in [0.1, 0.15) is 0 Å². The maximum absolute atomic E-state index is 5.69. The minimum atomic E-state index is 0.416. The van der Waals surface area contributed by atoms with Gasteiger partial charge in [0.2, 0.25) is 0 Å². The number of aryl methyl sites for hydroxylation is 1. The molecule has 0 bridgehead atoms. The van der Waals surface area contributed by atoms with E-state index in [1.807, 2.05) is 11.3 Å². The van der Waals surface area contributed by atoms with E-state index in [1.54, 1.807) is 0 Å². The van der Waals surface area contributed by atoms with Crippen LogP contribution in [0.3, 0.4) is 0 Å². The Balaban J connectivity index is 1.77. The molecule has 1 fully saturated rings. The van der Waals surface area contributed by atoms with Crippen molar-refractivity contribution in [3.63, 3.8) is 0 Å². The molecule has 2 rings (SSSR count). The molecular formula is C14H24N2S2. The van der Waals surface area contributed by atoms with E-state index in [0.717, 1.165) is 23.8 Å². The third kappa shape index (κ3) is 4.26. The van der Waals surface area contributed by atoms with Gasteiger partial charge < -0.3 is 0 Å². The van der Waals surface area contributed by atoms with Crippen LogP contribution in [-0.2, 0) is 12.8 Å². The third-order valence-electron chi connectivity index (χ3n) is 3.58. The lowest BCUT2D eigenvalue weighted by atomic mass is 10.2. The van der Waals surface area contributed by atoms with E-state index in [4.69, 9.17) is 5.84 Å². The molecule has 0 aromatic carbocycles. The number of hydrogen-bond donors (Lipinski definition) is 2. The Morgan fingerprint density at radius 1 is 1.39 bits per heavy atom. The van der Waals surface area contributed by atoms with Crippen molar-refractivity contribution in [1.82, 2.24) is 5.43 Å². The number of thioether (sulfide) groups is 1. The van der Waals surface area contributed by atoms with E-state index in [-0.39, 0.29) is 0 Å². The quantitative estimate of drug-likeness (QED) is 0.595. The van der Waals surface area contributed by atoms with E-state index in [2.05, 4.69) is 36.2 Å². The molecule has 18 heavy (non-hydrogen) atoms. The highest BCUT2D eigenvalue weighted by molar-refractivity contribution is 7.99. The molecule has 4 heteroatoms. The lowest BCUT2D eigenvalue weighted by Crippen LogP contribution is -2.38. The smallest absolute Gasteiger partial charge is 0.0349 e. The molecule has 0 saturated heterocycles. The molecule has 1 heterocycles. The highest BCUT2D eigenvalue weighted by Crippen LogP contribution is 2.30. The Morgan fingerprint density at radius 2 is 2.11 bits per heavy atom. The van der Waals surface area contributed by atoms with Crippen molar-refractivity contribution in [3.8, 4) is 0 Å². The molecule has 0 spiro atoms. The van der Waals surface area contributed by atoms with Gasteiger partial charge in [0.05, 0.1) is 0 Å². The Morgan fingerprint density at radius 3 is 2.72 bits per heavy atom. The molecule has 1 aromatic rings. The van der Waals surface area contributed by atoms with Crippen LogP contribution in [0.15, 0.2) is 12.1 Å². The van der Waals surface area contributed by atoms with Gasteiger partial charge in [-0.15, -0.1) is 11.3 Å². The topological polar surface area (TPSA) is 38.0 Å². The van der Waals surface area contributed by atoms with Crippen LogP contribution in [0.4, 0.5) is 0 Å². The van der Waals surface area contributed by atoms with E-state index in [9.17, 15) is 0 Å². The van der Waals surface area contributed by atoms with Crippen molar-refractivity contribution in [2.45, 2.75) is 56.7 Å². The zero-order valence-electron chi connectivity index (χ0n) is 11.2. The van der Waals surface area contributed by atoms with Gasteiger partial charge in [-0.2, -0.15) is 11.8 Å². The number of nitrogens with one attached hydrogen (secondary N) is 1. The first-order chi connectivity index (χ1) is 8.81. The largest absolute Gasteiger partial charge is 0.271 e. The van der Waals surface area contributed by atoms with Crippen molar-refractivity contribution in [2.75, 3.05) is 5.75 Å². The van der Waals surface area contributed by atoms with Crippen molar-refractivity contribution in [1.29, 1.82) is 0 Å². The van der Waals surface area contributed by atoms with Gasteiger partial charge in [0, 0.05) is 26.8 Å². The second-order valence-corrected chi connectivity index (χ2v) is 7.62. The van der Waals surface area contributed by atoms with Crippen LogP contribution in [-0.4, -0.2) is 17.0 Å². The fourth-order valence-corrected chi connectivity index (χ4v) is 4.86. The predicted molar refractivity (Wildman–Crippen MR) is 83.2 cm³/mol. The Kier molecular flexibility index (Phi) is 6.02. The minimum Gasteiger partial charge on any atom is -0.271 e. The molecular weight excluding hydrogens is 260 g/mol. The molecule has 1 aliphatic carbocycles. The Bertz CT molecular complexity index is 345. The van der Waals surface area contributed by atoms with Crippen LogP contribution in [0.5, 0.6) is 0 Å². The van der Waals surface area contributed by atoms with E-state index < -0.39 is 0 Å². The van der Waals surface area contributed by atoms with Crippen LogP contribution < -0.4 is 11.3 Å². The zero-order chi connectivity index (χ0) is 12.8. The first kappa shape index (κ1) is 14.4. The van der Waals surface area contributed by atoms with Crippen molar-refractivity contribution in [2.24, 2.45) is 5.84 Å². The summed E-state index contributed by atoms with van der Waals surface area (Å²) in [6, 6.07) is 4.92. The minimum absolute atomic E-state index is 0.416. The monoisotopic (exact) mass is 284 g/mol. The maximum atomic E-state index is 5.69. The summed E-state index contributed by atoms with van der Waals surface area (Å²) in [5, 5.41) is 0.885. The lowest BCUT2D eigenvalue weighted by Gasteiger charge is -2.17. The molecule has 1 saturated carbocycles. The lowest BCUT2D eigenvalue weighted by molar-refractivity contribution is 0.578.